The minimum Gasteiger partial charge on any atom is -0.465 e. The fourth-order valence-corrected chi connectivity index (χ4v) is 9.78. The van der Waals surface area contributed by atoms with Crippen molar-refractivity contribution in [1.29, 1.82) is 0 Å². The molecule has 70 heavy (non-hydrogen) atoms. The van der Waals surface area contributed by atoms with Crippen LogP contribution < -0.4 is 20.1 Å². The van der Waals surface area contributed by atoms with Gasteiger partial charge in [-0.3, -0.25) is 9.59 Å². The van der Waals surface area contributed by atoms with Crippen LogP contribution in [0.1, 0.15) is 88.9 Å². The Morgan fingerprint density at radius 3 is 1.77 bits per heavy atom. The molecular weight excluding hydrogens is 912 g/mol. The molecule has 3 aliphatic heterocycles. The van der Waals surface area contributed by atoms with Crippen LogP contribution in [0.15, 0.2) is 79.1 Å². The number of carbonyl (C=O) groups is 4. The fourth-order valence-electron chi connectivity index (χ4n) is 9.78. The van der Waals surface area contributed by atoms with E-state index in [4.69, 9.17) is 24.2 Å². The number of likely N-dealkylation sites (tertiary alicyclic amines) is 2. The average Bonchev–Trinajstić information content (AvgIpc) is 4.20. The Kier molecular flexibility index (Phi) is 13.0. The summed E-state index contributed by atoms with van der Waals surface area (Å²) in [5, 5.41) is 6.21. The van der Waals surface area contributed by atoms with E-state index in [1.54, 1.807) is 34.3 Å². The quantitative estimate of drug-likeness (QED) is 0.0918. The lowest BCUT2D eigenvalue weighted by Crippen LogP contribution is -2.51. The lowest BCUT2D eigenvalue weighted by atomic mass is 10.0. The largest absolute Gasteiger partial charge is 0.573 e. The predicted molar refractivity (Wildman–Crippen MR) is 250 cm³/mol. The molecule has 2 saturated heterocycles. The van der Waals surface area contributed by atoms with E-state index in [1.165, 1.54) is 26.4 Å². The molecule has 368 valence electrons. The Morgan fingerprint density at radius 2 is 1.26 bits per heavy atom. The van der Waals surface area contributed by atoms with Crippen LogP contribution in [0, 0.1) is 11.8 Å². The SMILES string of the molecule is COC(=O)N[C@H](C(=O)N1CCC[C@H]1c1ncc(-c2ccc3c(c2)OC(c2ccc(OC(F)(F)F)cc2)n2c-3cc3cc(-c4cnc([C@@H]5CCCN5C(=O)[C@@H](NC(=O)OC)C(C)C)[nH]4)ccc32)[nH]1)C(C)C. The van der Waals surface area contributed by atoms with E-state index < -0.39 is 36.9 Å². The van der Waals surface area contributed by atoms with Gasteiger partial charge in [0.25, 0.3) is 0 Å². The molecule has 6 heterocycles. The number of imidazole rings is 2. The smallest absolute Gasteiger partial charge is 0.465 e. The number of hydrogen-bond acceptors (Lipinski definition) is 10. The number of aromatic amines is 2. The number of aromatic nitrogens is 5. The van der Waals surface area contributed by atoms with E-state index >= 15 is 0 Å². The Bertz CT molecular complexity index is 2930. The first-order valence-electron chi connectivity index (χ1n) is 23.2. The Morgan fingerprint density at radius 1 is 0.729 bits per heavy atom. The number of benzene rings is 3. The molecule has 5 atom stereocenters. The molecule has 0 radical (unpaired) electrons. The number of fused-ring (bicyclic) bond motifs is 5. The van der Waals surface area contributed by atoms with Crippen LogP contribution in [-0.2, 0) is 19.1 Å². The Balaban J connectivity index is 1.03. The molecule has 0 aliphatic carbocycles. The second kappa shape index (κ2) is 19.1. The molecule has 0 bridgehead atoms. The third-order valence-corrected chi connectivity index (χ3v) is 13.3. The molecule has 4 amide bonds. The van der Waals surface area contributed by atoms with Crippen LogP contribution in [-0.4, -0.2) is 104 Å². The molecule has 3 aromatic carbocycles. The molecule has 0 saturated carbocycles. The van der Waals surface area contributed by atoms with E-state index in [2.05, 4.69) is 25.3 Å². The van der Waals surface area contributed by atoms with Gasteiger partial charge in [0.2, 0.25) is 18.0 Å². The Hall–Kier alpha value is -7.51. The van der Waals surface area contributed by atoms with Crippen LogP contribution in [0.2, 0.25) is 0 Å². The number of H-pyrrole nitrogens is 2. The van der Waals surface area contributed by atoms with Gasteiger partial charge < -0.3 is 53.9 Å². The van der Waals surface area contributed by atoms with Crippen LogP contribution in [0.4, 0.5) is 22.8 Å². The molecule has 4 N–H and O–H groups in total. The number of alkyl carbamates (subject to hydrolysis) is 2. The Labute approximate surface area is 401 Å². The van der Waals surface area contributed by atoms with Crippen LogP contribution >= 0.6 is 0 Å². The molecule has 0 spiro atoms. The topological polar surface area (TPSA) is 198 Å². The van der Waals surface area contributed by atoms with Crippen molar-refractivity contribution in [2.24, 2.45) is 11.8 Å². The highest BCUT2D eigenvalue weighted by Crippen LogP contribution is 2.47. The lowest BCUT2D eigenvalue weighted by molar-refractivity contribution is -0.274. The first kappa shape index (κ1) is 47.6. The highest BCUT2D eigenvalue weighted by atomic mass is 19.4. The van der Waals surface area contributed by atoms with E-state index in [1.807, 2.05) is 74.7 Å². The number of rotatable bonds is 12. The number of amides is 4. The van der Waals surface area contributed by atoms with Gasteiger partial charge in [-0.25, -0.2) is 19.6 Å². The molecule has 3 aromatic heterocycles. The maximum atomic E-state index is 13.8. The number of ether oxygens (including phenoxy) is 4. The molecule has 9 rings (SSSR count). The van der Waals surface area contributed by atoms with Crippen molar-refractivity contribution < 1.29 is 51.3 Å². The number of alkyl halides is 3. The normalized spacial score (nSPS) is 18.6. The van der Waals surface area contributed by atoms with Gasteiger partial charge in [-0.2, -0.15) is 0 Å². The van der Waals surface area contributed by atoms with Crippen molar-refractivity contribution in [2.75, 3.05) is 27.3 Å². The van der Waals surface area contributed by atoms with E-state index in [0.29, 0.717) is 54.6 Å². The van der Waals surface area contributed by atoms with Crippen molar-refractivity contribution in [3.05, 3.63) is 96.3 Å². The molecule has 2 fully saturated rings. The fraction of sp³-hybridized carbons (Fsp3) is 0.400. The summed E-state index contributed by atoms with van der Waals surface area (Å²) >= 11 is 0. The lowest BCUT2D eigenvalue weighted by Gasteiger charge is -2.30. The second-order valence-electron chi connectivity index (χ2n) is 18.4. The van der Waals surface area contributed by atoms with Crippen LogP contribution in [0.3, 0.4) is 0 Å². The van der Waals surface area contributed by atoms with Gasteiger partial charge in [-0.1, -0.05) is 39.8 Å². The molecule has 20 heteroatoms. The van der Waals surface area contributed by atoms with Gasteiger partial charge in [-0.15, -0.1) is 13.2 Å². The van der Waals surface area contributed by atoms with Crippen molar-refractivity contribution in [3.8, 4) is 45.3 Å². The molecule has 1 unspecified atom stereocenters. The summed E-state index contributed by atoms with van der Waals surface area (Å²) in [6, 6.07) is 17.1. The van der Waals surface area contributed by atoms with Crippen molar-refractivity contribution in [2.45, 2.75) is 90.1 Å². The summed E-state index contributed by atoms with van der Waals surface area (Å²) in [5.74, 6) is 0.581. The van der Waals surface area contributed by atoms with Crippen molar-refractivity contribution in [1.82, 2.24) is 44.9 Å². The van der Waals surface area contributed by atoms with E-state index in [9.17, 15) is 32.3 Å². The number of hydrogen-bond donors (Lipinski definition) is 4. The molecule has 6 aromatic rings. The zero-order chi connectivity index (χ0) is 49.6. The highest BCUT2D eigenvalue weighted by Gasteiger charge is 2.40. The first-order valence-corrected chi connectivity index (χ1v) is 23.2. The zero-order valence-corrected chi connectivity index (χ0v) is 39.4. The summed E-state index contributed by atoms with van der Waals surface area (Å²) in [4.78, 5) is 71.7. The summed E-state index contributed by atoms with van der Waals surface area (Å²) in [6.07, 6.45) is -0.697. The van der Waals surface area contributed by atoms with Gasteiger partial charge >= 0.3 is 18.5 Å². The number of nitrogens with one attached hydrogen (secondary N) is 4. The maximum absolute atomic E-state index is 13.8. The predicted octanol–water partition coefficient (Wildman–Crippen LogP) is 9.01. The maximum Gasteiger partial charge on any atom is 0.573 e. The standard InChI is InChI=1S/C50H54F3N9O8/c1-26(2)41(58-48(65)67-5)45(63)60-19-7-9-37(60)43-54-24-34(56-43)29-14-18-36-31(21-29)22-39-33-17-13-30(23-40(33)69-47(62(36)39)28-11-15-32(16-12-28)70-50(51,52)53)35-25-55-44(57-35)38-10-8-20-61(38)46(64)42(27(3)4)59-49(66)68-6/h11-18,21-27,37-38,41-42,47H,7-10,19-20H2,1-6H3,(H,54,56)(H,55,57)(H,58,65)(H,59,66)/t37-,38-,41-,42-,47?/m0/s1. The van der Waals surface area contributed by atoms with Crippen molar-refractivity contribution in [3.63, 3.8) is 0 Å². The van der Waals surface area contributed by atoms with E-state index in [0.717, 1.165) is 51.8 Å². The van der Waals surface area contributed by atoms with Crippen LogP contribution in [0.5, 0.6) is 11.5 Å². The summed E-state index contributed by atoms with van der Waals surface area (Å²) in [5.41, 5.74) is 5.93. The zero-order valence-electron chi connectivity index (χ0n) is 39.4. The van der Waals surface area contributed by atoms with Gasteiger partial charge in [0, 0.05) is 40.7 Å². The second-order valence-corrected chi connectivity index (χ2v) is 18.4. The highest BCUT2D eigenvalue weighted by molar-refractivity contribution is 5.93. The monoisotopic (exact) mass is 965 g/mol. The summed E-state index contributed by atoms with van der Waals surface area (Å²) in [6.45, 7) is 8.46. The minimum atomic E-state index is -4.86. The van der Waals surface area contributed by atoms with Gasteiger partial charge in [0.1, 0.15) is 35.2 Å². The first-order chi connectivity index (χ1) is 33.5. The minimum absolute atomic E-state index is 0.178. The van der Waals surface area contributed by atoms with Gasteiger partial charge in [-0.05, 0) is 92.1 Å². The number of nitrogens with zero attached hydrogens (tertiary/aromatic N) is 5. The number of carbonyl (C=O) groups excluding carboxylic acids is 4. The van der Waals surface area contributed by atoms with Gasteiger partial charge in [0.15, 0.2) is 0 Å². The molecule has 17 nitrogen and oxygen atoms in total. The average molecular weight is 966 g/mol. The third-order valence-electron chi connectivity index (χ3n) is 13.3. The summed E-state index contributed by atoms with van der Waals surface area (Å²) in [7, 11) is 2.51. The van der Waals surface area contributed by atoms with Gasteiger partial charge in [0.05, 0.1) is 61.3 Å². The van der Waals surface area contributed by atoms with Crippen molar-refractivity contribution >= 4 is 34.9 Å². The third kappa shape index (κ3) is 9.33. The van der Waals surface area contributed by atoms with E-state index in [-0.39, 0.29) is 41.5 Å². The summed E-state index contributed by atoms with van der Waals surface area (Å²) < 4.78 is 62.1. The number of methoxy groups -OCH3 is 2. The molecule has 3 aliphatic rings. The molecular formula is C50H54F3N9O8. The van der Waals surface area contributed by atoms with Crippen LogP contribution in [0.25, 0.3) is 44.7 Å². The number of halogens is 3.